The first-order valence-electron chi connectivity index (χ1n) is 9.85. The molecule has 2 aromatic heterocycles. The Morgan fingerprint density at radius 2 is 1.40 bits per heavy atom. The average molecular weight is 396 g/mol. The van der Waals surface area contributed by atoms with Crippen LogP contribution in [0, 0.1) is 0 Å². The van der Waals surface area contributed by atoms with Gasteiger partial charge in [-0.3, -0.25) is 4.98 Å². The van der Waals surface area contributed by atoms with Crippen LogP contribution in [0.15, 0.2) is 91.5 Å². The van der Waals surface area contributed by atoms with Gasteiger partial charge in [0.05, 0.1) is 0 Å². The van der Waals surface area contributed by atoms with Gasteiger partial charge in [0.25, 0.3) is 0 Å². The molecule has 6 heteroatoms. The molecule has 3 N–H and O–H groups in total. The highest BCUT2D eigenvalue weighted by atomic mass is 15.2. The fourth-order valence-electron chi connectivity index (χ4n) is 3.28. The molecule has 30 heavy (non-hydrogen) atoms. The second-order valence-electron chi connectivity index (χ2n) is 7.00. The SMILES string of the molecule is Nc1c(NCc2cccnc2)ncnc1N(Cc1ccccc1)Cc1ccccc1. The summed E-state index contributed by atoms with van der Waals surface area (Å²) in [6.07, 6.45) is 5.13. The lowest BCUT2D eigenvalue weighted by Gasteiger charge is -2.26. The number of anilines is 3. The van der Waals surface area contributed by atoms with Gasteiger partial charge in [0.15, 0.2) is 11.6 Å². The Kier molecular flexibility index (Phi) is 6.15. The first-order chi connectivity index (χ1) is 14.8. The molecule has 150 valence electrons. The van der Waals surface area contributed by atoms with Crippen LogP contribution in [-0.4, -0.2) is 15.0 Å². The van der Waals surface area contributed by atoms with Crippen LogP contribution in [0.2, 0.25) is 0 Å². The fraction of sp³-hybridized carbons (Fsp3) is 0.125. The van der Waals surface area contributed by atoms with Gasteiger partial charge in [0.1, 0.15) is 12.0 Å². The van der Waals surface area contributed by atoms with Crippen molar-refractivity contribution in [3.05, 3.63) is 108 Å². The van der Waals surface area contributed by atoms with Gasteiger partial charge in [-0.05, 0) is 22.8 Å². The van der Waals surface area contributed by atoms with Gasteiger partial charge in [-0.1, -0.05) is 66.7 Å². The maximum Gasteiger partial charge on any atom is 0.158 e. The highest BCUT2D eigenvalue weighted by Gasteiger charge is 2.16. The Balaban J connectivity index is 1.60. The van der Waals surface area contributed by atoms with Crippen molar-refractivity contribution in [3.63, 3.8) is 0 Å². The maximum absolute atomic E-state index is 6.51. The van der Waals surface area contributed by atoms with Crippen LogP contribution in [0.4, 0.5) is 17.3 Å². The summed E-state index contributed by atoms with van der Waals surface area (Å²) < 4.78 is 0. The van der Waals surface area contributed by atoms with Crippen LogP contribution in [0.1, 0.15) is 16.7 Å². The Morgan fingerprint density at radius 1 is 0.767 bits per heavy atom. The maximum atomic E-state index is 6.51. The third-order valence-electron chi connectivity index (χ3n) is 4.78. The third kappa shape index (κ3) is 4.91. The van der Waals surface area contributed by atoms with Crippen LogP contribution in [0.3, 0.4) is 0 Å². The van der Waals surface area contributed by atoms with Crippen molar-refractivity contribution >= 4 is 17.3 Å². The predicted octanol–water partition coefficient (Wildman–Crippen LogP) is 4.27. The summed E-state index contributed by atoms with van der Waals surface area (Å²) in [7, 11) is 0. The Morgan fingerprint density at radius 3 is 2.00 bits per heavy atom. The van der Waals surface area contributed by atoms with E-state index < -0.39 is 0 Å². The summed E-state index contributed by atoms with van der Waals surface area (Å²) >= 11 is 0. The Bertz CT molecular complexity index is 1010. The lowest BCUT2D eigenvalue weighted by molar-refractivity contribution is 0.782. The van der Waals surface area contributed by atoms with E-state index in [9.17, 15) is 0 Å². The van der Waals surface area contributed by atoms with E-state index in [0.717, 1.165) is 5.56 Å². The van der Waals surface area contributed by atoms with Crippen molar-refractivity contribution in [2.75, 3.05) is 16.0 Å². The molecular weight excluding hydrogens is 372 g/mol. The molecule has 0 spiro atoms. The number of nitrogens with two attached hydrogens (primary N) is 1. The summed E-state index contributed by atoms with van der Waals surface area (Å²) in [4.78, 5) is 15.2. The number of rotatable bonds is 8. The minimum absolute atomic E-state index is 0.535. The Labute approximate surface area is 176 Å². The zero-order chi connectivity index (χ0) is 20.6. The second-order valence-corrected chi connectivity index (χ2v) is 7.00. The molecule has 0 saturated heterocycles. The van der Waals surface area contributed by atoms with Gasteiger partial charge in [0.2, 0.25) is 0 Å². The minimum Gasteiger partial charge on any atom is -0.393 e. The normalized spacial score (nSPS) is 10.5. The molecule has 0 atom stereocenters. The number of pyridine rings is 1. The van der Waals surface area contributed by atoms with Gasteiger partial charge in [-0.15, -0.1) is 0 Å². The van der Waals surface area contributed by atoms with Gasteiger partial charge in [0, 0.05) is 32.0 Å². The van der Waals surface area contributed by atoms with E-state index in [2.05, 4.69) is 49.4 Å². The molecule has 0 aliphatic rings. The monoisotopic (exact) mass is 396 g/mol. The van der Waals surface area contributed by atoms with Crippen molar-refractivity contribution < 1.29 is 0 Å². The molecule has 0 aliphatic carbocycles. The molecule has 0 aliphatic heterocycles. The van der Waals surface area contributed by atoms with Crippen molar-refractivity contribution in [1.29, 1.82) is 0 Å². The fourth-order valence-corrected chi connectivity index (χ4v) is 3.28. The van der Waals surface area contributed by atoms with Crippen molar-refractivity contribution in [2.45, 2.75) is 19.6 Å². The molecule has 2 aromatic carbocycles. The second kappa shape index (κ2) is 9.52. The molecule has 2 heterocycles. The Hall–Kier alpha value is -3.93. The van der Waals surface area contributed by atoms with Gasteiger partial charge < -0.3 is 16.0 Å². The molecule has 6 nitrogen and oxygen atoms in total. The lowest BCUT2D eigenvalue weighted by Crippen LogP contribution is -2.25. The number of hydrogen-bond acceptors (Lipinski definition) is 6. The van der Waals surface area contributed by atoms with Crippen LogP contribution in [0.5, 0.6) is 0 Å². The number of nitrogens with zero attached hydrogens (tertiary/aromatic N) is 4. The highest BCUT2D eigenvalue weighted by molar-refractivity contribution is 5.75. The van der Waals surface area contributed by atoms with Crippen LogP contribution in [-0.2, 0) is 19.6 Å². The average Bonchev–Trinajstić information content (AvgIpc) is 2.80. The molecule has 0 fully saturated rings. The summed E-state index contributed by atoms with van der Waals surface area (Å²) in [5.74, 6) is 1.33. The highest BCUT2D eigenvalue weighted by Crippen LogP contribution is 2.29. The van der Waals surface area contributed by atoms with E-state index in [0.29, 0.717) is 37.0 Å². The molecular formula is C24H24N6. The molecule has 0 unspecified atom stereocenters. The zero-order valence-corrected chi connectivity index (χ0v) is 16.6. The van der Waals surface area contributed by atoms with Crippen molar-refractivity contribution in [2.24, 2.45) is 0 Å². The summed E-state index contributed by atoms with van der Waals surface area (Å²) in [6.45, 7) is 1.98. The molecule has 0 saturated carbocycles. The molecule has 4 rings (SSSR count). The van der Waals surface area contributed by atoms with Gasteiger partial charge in [-0.2, -0.15) is 0 Å². The van der Waals surface area contributed by atoms with E-state index in [-0.39, 0.29) is 0 Å². The number of nitrogen functional groups attached to an aromatic ring is 1. The van der Waals surface area contributed by atoms with Crippen LogP contribution in [0.25, 0.3) is 0 Å². The first kappa shape index (κ1) is 19.4. The van der Waals surface area contributed by atoms with E-state index in [1.807, 2.05) is 54.7 Å². The summed E-state index contributed by atoms with van der Waals surface area (Å²) in [5, 5.41) is 3.31. The van der Waals surface area contributed by atoms with Gasteiger partial charge in [-0.25, -0.2) is 9.97 Å². The minimum atomic E-state index is 0.535. The zero-order valence-electron chi connectivity index (χ0n) is 16.6. The van der Waals surface area contributed by atoms with Crippen molar-refractivity contribution in [1.82, 2.24) is 15.0 Å². The smallest absolute Gasteiger partial charge is 0.158 e. The number of benzene rings is 2. The van der Waals surface area contributed by atoms with Gasteiger partial charge >= 0.3 is 0 Å². The largest absolute Gasteiger partial charge is 0.393 e. The lowest BCUT2D eigenvalue weighted by atomic mass is 10.1. The number of aromatic nitrogens is 3. The van der Waals surface area contributed by atoms with E-state index in [4.69, 9.17) is 5.73 Å². The molecule has 0 radical (unpaired) electrons. The summed E-state index contributed by atoms with van der Waals surface area (Å²) in [5.41, 5.74) is 10.5. The summed E-state index contributed by atoms with van der Waals surface area (Å²) in [6, 6.07) is 24.6. The standard InChI is InChI=1S/C24H24N6/c25-22-23(27-15-21-12-7-13-26-14-21)28-18-29-24(22)30(16-19-8-3-1-4-9-19)17-20-10-5-2-6-11-20/h1-14,18H,15-17,25H2,(H,27,28,29). The van der Waals surface area contributed by atoms with Crippen LogP contribution >= 0.6 is 0 Å². The van der Waals surface area contributed by atoms with Crippen LogP contribution < -0.4 is 16.0 Å². The van der Waals surface area contributed by atoms with E-state index >= 15 is 0 Å². The topological polar surface area (TPSA) is 80.0 Å². The van der Waals surface area contributed by atoms with Crippen molar-refractivity contribution in [3.8, 4) is 0 Å². The molecule has 4 aromatic rings. The molecule has 0 amide bonds. The number of hydrogen-bond donors (Lipinski definition) is 2. The molecule has 0 bridgehead atoms. The predicted molar refractivity (Wildman–Crippen MR) is 121 cm³/mol. The van der Waals surface area contributed by atoms with E-state index in [1.165, 1.54) is 11.1 Å². The quantitative estimate of drug-likeness (QED) is 0.463. The van der Waals surface area contributed by atoms with E-state index in [1.54, 1.807) is 12.5 Å². The number of nitrogens with one attached hydrogen (secondary N) is 1. The first-order valence-corrected chi connectivity index (χ1v) is 9.85. The third-order valence-corrected chi connectivity index (χ3v) is 4.78.